The summed E-state index contributed by atoms with van der Waals surface area (Å²) < 4.78 is 35.1. The zero-order chi connectivity index (χ0) is 19.7. The van der Waals surface area contributed by atoms with Gasteiger partial charge in [-0.1, -0.05) is 24.3 Å². The summed E-state index contributed by atoms with van der Waals surface area (Å²) >= 11 is 1.54. The standard InChI is InChI=1S/C19H13N3O4S2/c23-18(14-5-1-4-8-17(14)28(24,25)26)20-13-9-11-22(12-10-13)19-21-15-6-2-3-7-16(15)27-19/h1-12H,(H,24,25,26)/p+1. The fourth-order valence-electron chi connectivity index (χ4n) is 2.69. The van der Waals surface area contributed by atoms with Crippen LogP contribution >= 0.6 is 11.3 Å². The Balaban J connectivity index is 1.58. The van der Waals surface area contributed by atoms with Gasteiger partial charge in [-0.3, -0.25) is 9.35 Å². The van der Waals surface area contributed by atoms with Crippen LogP contribution in [-0.2, 0) is 10.1 Å². The molecule has 0 atom stereocenters. The second kappa shape index (κ2) is 7.12. The van der Waals surface area contributed by atoms with Gasteiger partial charge in [-0.05, 0) is 40.6 Å². The molecule has 0 bridgehead atoms. The van der Waals surface area contributed by atoms with Crippen molar-refractivity contribution < 1.29 is 22.3 Å². The lowest BCUT2D eigenvalue weighted by atomic mass is 10.2. The van der Waals surface area contributed by atoms with Crippen LogP contribution in [0.2, 0.25) is 0 Å². The van der Waals surface area contributed by atoms with Gasteiger partial charge in [0, 0.05) is 17.8 Å². The number of fused-ring (bicyclic) bond motifs is 1. The maximum absolute atomic E-state index is 12.5. The lowest BCUT2D eigenvalue weighted by molar-refractivity contribution is -0.595. The van der Waals surface area contributed by atoms with Crippen LogP contribution in [0, 0.1) is 0 Å². The Morgan fingerprint density at radius 3 is 2.39 bits per heavy atom. The molecule has 0 unspecified atom stereocenters. The zero-order valence-electron chi connectivity index (χ0n) is 14.3. The molecule has 0 aliphatic heterocycles. The molecule has 0 saturated heterocycles. The molecule has 4 rings (SSSR count). The highest BCUT2D eigenvalue weighted by molar-refractivity contribution is 7.86. The zero-order valence-corrected chi connectivity index (χ0v) is 15.9. The molecule has 1 amide bonds. The molecule has 0 radical (unpaired) electrons. The summed E-state index contributed by atoms with van der Waals surface area (Å²) in [6, 6.07) is 16.7. The Morgan fingerprint density at radius 1 is 1.00 bits per heavy atom. The minimum absolute atomic E-state index is 0.132. The van der Waals surface area contributed by atoms with E-state index in [1.807, 2.05) is 28.8 Å². The molecule has 140 valence electrons. The number of amides is 1. The van der Waals surface area contributed by atoms with Crippen molar-refractivity contribution in [2.75, 3.05) is 5.32 Å². The Morgan fingerprint density at radius 2 is 1.68 bits per heavy atom. The number of benzene rings is 2. The first kappa shape index (κ1) is 18.2. The average molecular weight is 412 g/mol. The number of carbonyl (C=O) groups excluding carboxylic acids is 1. The number of nitrogens with one attached hydrogen (secondary N) is 1. The van der Waals surface area contributed by atoms with Gasteiger partial charge in [-0.25, -0.2) is 0 Å². The molecule has 0 spiro atoms. The molecule has 0 aliphatic carbocycles. The predicted octanol–water partition coefficient (Wildman–Crippen LogP) is 3.07. The minimum atomic E-state index is -4.50. The number of hydrogen-bond donors (Lipinski definition) is 2. The van der Waals surface area contributed by atoms with Crippen molar-refractivity contribution in [1.82, 2.24) is 4.98 Å². The summed E-state index contributed by atoms with van der Waals surface area (Å²) in [5, 5.41) is 3.42. The largest absolute Gasteiger partial charge is 0.388 e. The number of thiazole rings is 1. The van der Waals surface area contributed by atoms with Crippen LogP contribution in [0.25, 0.3) is 15.3 Å². The normalized spacial score (nSPS) is 11.5. The summed E-state index contributed by atoms with van der Waals surface area (Å²) in [5.74, 6) is -0.633. The van der Waals surface area contributed by atoms with E-state index in [0.29, 0.717) is 5.69 Å². The molecule has 28 heavy (non-hydrogen) atoms. The number of nitrogens with zero attached hydrogens (tertiary/aromatic N) is 2. The van der Waals surface area contributed by atoms with Crippen LogP contribution in [0.3, 0.4) is 0 Å². The highest BCUT2D eigenvalue weighted by Crippen LogP contribution is 2.22. The molecule has 7 nitrogen and oxygen atoms in total. The van der Waals surface area contributed by atoms with Crippen molar-refractivity contribution in [1.29, 1.82) is 0 Å². The van der Waals surface area contributed by atoms with Crippen molar-refractivity contribution in [3.8, 4) is 5.13 Å². The topological polar surface area (TPSA) is 100 Å². The van der Waals surface area contributed by atoms with Crippen molar-refractivity contribution in [3.05, 3.63) is 78.6 Å². The number of aromatic nitrogens is 2. The van der Waals surface area contributed by atoms with Gasteiger partial charge in [0.05, 0.1) is 22.7 Å². The van der Waals surface area contributed by atoms with Gasteiger partial charge in [-0.2, -0.15) is 13.0 Å². The molecule has 2 N–H and O–H groups in total. The first-order chi connectivity index (χ1) is 13.4. The number of pyridine rings is 1. The van der Waals surface area contributed by atoms with E-state index < -0.39 is 20.9 Å². The minimum Gasteiger partial charge on any atom is -0.322 e. The van der Waals surface area contributed by atoms with Crippen LogP contribution in [0.15, 0.2) is 78.0 Å². The number of anilines is 1. The monoisotopic (exact) mass is 412 g/mol. The molecule has 2 heterocycles. The Labute approximate surface area is 164 Å². The van der Waals surface area contributed by atoms with Gasteiger partial charge in [0.15, 0.2) is 5.52 Å². The Hall–Kier alpha value is -3.14. The van der Waals surface area contributed by atoms with Gasteiger partial charge in [0.2, 0.25) is 0 Å². The van der Waals surface area contributed by atoms with E-state index in [-0.39, 0.29) is 5.56 Å². The summed E-state index contributed by atoms with van der Waals surface area (Å²) in [7, 11) is -4.50. The van der Waals surface area contributed by atoms with E-state index in [0.717, 1.165) is 15.3 Å². The second-order valence-electron chi connectivity index (χ2n) is 5.88. The fraction of sp³-hybridized carbons (Fsp3) is 0. The molecule has 2 aromatic carbocycles. The molecule has 9 heteroatoms. The van der Waals surface area contributed by atoms with Gasteiger partial charge >= 0.3 is 5.13 Å². The van der Waals surface area contributed by atoms with Crippen LogP contribution in [0.4, 0.5) is 5.69 Å². The number of rotatable bonds is 4. The Bertz CT molecular complexity index is 1250. The summed E-state index contributed by atoms with van der Waals surface area (Å²) in [4.78, 5) is 16.6. The summed E-state index contributed by atoms with van der Waals surface area (Å²) in [5.41, 5.74) is 1.26. The third kappa shape index (κ3) is 3.63. The smallest absolute Gasteiger partial charge is 0.322 e. The van der Waals surface area contributed by atoms with E-state index in [9.17, 15) is 17.8 Å². The number of hydrogen-bond acceptors (Lipinski definition) is 5. The van der Waals surface area contributed by atoms with Gasteiger partial charge in [0.1, 0.15) is 4.90 Å². The van der Waals surface area contributed by atoms with Crippen molar-refractivity contribution in [2.24, 2.45) is 0 Å². The molecule has 2 aromatic heterocycles. The first-order valence-corrected chi connectivity index (χ1v) is 10.4. The molecule has 4 aromatic rings. The molecular formula is C19H14N3O4S2+. The van der Waals surface area contributed by atoms with E-state index in [2.05, 4.69) is 10.3 Å². The predicted molar refractivity (Wildman–Crippen MR) is 105 cm³/mol. The highest BCUT2D eigenvalue weighted by atomic mass is 32.2. The van der Waals surface area contributed by atoms with Crippen molar-refractivity contribution >= 4 is 43.3 Å². The van der Waals surface area contributed by atoms with Crippen LogP contribution < -0.4 is 9.88 Å². The van der Waals surface area contributed by atoms with E-state index >= 15 is 0 Å². The fourth-order valence-corrected chi connectivity index (χ4v) is 4.31. The summed E-state index contributed by atoms with van der Waals surface area (Å²) in [6.45, 7) is 0. The van der Waals surface area contributed by atoms with Crippen LogP contribution in [-0.4, -0.2) is 23.9 Å². The maximum Gasteiger partial charge on any atom is 0.388 e. The highest BCUT2D eigenvalue weighted by Gasteiger charge is 2.20. The van der Waals surface area contributed by atoms with E-state index in [4.69, 9.17) is 0 Å². The lowest BCUT2D eigenvalue weighted by Crippen LogP contribution is -2.29. The van der Waals surface area contributed by atoms with Gasteiger partial charge in [-0.15, -0.1) is 0 Å². The maximum atomic E-state index is 12.5. The molecule has 0 aliphatic rings. The molecule has 0 fully saturated rings. The van der Waals surface area contributed by atoms with Gasteiger partial charge in [0.25, 0.3) is 16.0 Å². The second-order valence-corrected chi connectivity index (χ2v) is 8.28. The first-order valence-electron chi connectivity index (χ1n) is 8.17. The molecular weight excluding hydrogens is 398 g/mol. The third-order valence-corrected chi connectivity index (χ3v) is 5.96. The molecule has 0 saturated carbocycles. The van der Waals surface area contributed by atoms with Crippen molar-refractivity contribution in [2.45, 2.75) is 4.90 Å². The van der Waals surface area contributed by atoms with Crippen LogP contribution in [0.1, 0.15) is 10.4 Å². The quantitative estimate of drug-likeness (QED) is 0.396. The number of para-hydroxylation sites is 1. The average Bonchev–Trinajstić information content (AvgIpc) is 3.12. The van der Waals surface area contributed by atoms with Crippen LogP contribution in [0.5, 0.6) is 0 Å². The van der Waals surface area contributed by atoms with Crippen molar-refractivity contribution in [3.63, 3.8) is 0 Å². The SMILES string of the molecule is O=C(Nc1cc[n+](-c2nc3ccccc3s2)cc1)c1ccccc1S(=O)(=O)O. The van der Waals surface area contributed by atoms with Gasteiger partial charge < -0.3 is 5.32 Å². The summed E-state index contributed by atoms with van der Waals surface area (Å²) in [6.07, 6.45) is 3.50. The van der Waals surface area contributed by atoms with E-state index in [1.165, 1.54) is 24.3 Å². The number of carbonyl (C=O) groups is 1. The lowest BCUT2D eigenvalue weighted by Gasteiger charge is -2.08. The van der Waals surface area contributed by atoms with E-state index in [1.54, 1.807) is 35.9 Å². The Kier molecular flexibility index (Phi) is 4.63. The third-order valence-electron chi connectivity index (χ3n) is 4.00.